The molecule has 0 saturated heterocycles. The summed E-state index contributed by atoms with van der Waals surface area (Å²) in [6.45, 7) is 3.89. The van der Waals surface area contributed by atoms with Crippen LogP contribution in [0.1, 0.15) is 32.3 Å². The Bertz CT molecular complexity index is 1130. The van der Waals surface area contributed by atoms with Gasteiger partial charge in [0.25, 0.3) is 0 Å². The summed E-state index contributed by atoms with van der Waals surface area (Å²) in [5.74, 6) is -0.503. The molecular formula is C19H22ClFN2O4S2. The van der Waals surface area contributed by atoms with Gasteiger partial charge in [-0.2, -0.15) is 4.31 Å². The van der Waals surface area contributed by atoms with Crippen molar-refractivity contribution in [1.29, 1.82) is 0 Å². The van der Waals surface area contributed by atoms with Gasteiger partial charge in [0.05, 0.1) is 15.5 Å². The third-order valence-corrected chi connectivity index (χ3v) is 9.07. The molecule has 0 bridgehead atoms. The molecule has 2 aromatic carbocycles. The van der Waals surface area contributed by atoms with Crippen LogP contribution >= 0.6 is 11.6 Å². The summed E-state index contributed by atoms with van der Waals surface area (Å²) in [6.07, 6.45) is 0.866. The zero-order chi connectivity index (χ0) is 21.4. The van der Waals surface area contributed by atoms with Gasteiger partial charge in [-0.1, -0.05) is 43.6 Å². The Hall–Kier alpha value is -1.52. The highest BCUT2D eigenvalue weighted by Gasteiger charge is 2.49. The number of rotatable bonds is 8. The first-order chi connectivity index (χ1) is 13.6. The van der Waals surface area contributed by atoms with Crippen molar-refractivity contribution in [2.45, 2.75) is 42.0 Å². The Morgan fingerprint density at radius 3 is 2.24 bits per heavy atom. The number of halogens is 2. The maximum absolute atomic E-state index is 14.2. The first kappa shape index (κ1) is 22.2. The van der Waals surface area contributed by atoms with Crippen LogP contribution in [-0.4, -0.2) is 34.2 Å². The van der Waals surface area contributed by atoms with E-state index in [2.05, 4.69) is 4.72 Å². The lowest BCUT2D eigenvalue weighted by Gasteiger charge is -2.21. The topological polar surface area (TPSA) is 83.6 Å². The average molecular weight is 461 g/mol. The van der Waals surface area contributed by atoms with Crippen LogP contribution < -0.4 is 4.72 Å². The van der Waals surface area contributed by atoms with Gasteiger partial charge in [-0.25, -0.2) is 25.9 Å². The zero-order valence-electron chi connectivity index (χ0n) is 16.0. The highest BCUT2D eigenvalue weighted by molar-refractivity contribution is 7.90. The SMILES string of the molecule is CCN(CC)S(=O)(=O)c1ccc(Cl)c(S(=O)(=O)NC2(c3ccccc3F)CC2)c1. The third-order valence-electron chi connectivity index (χ3n) is 5.00. The standard InChI is InChI=1S/C19H22ClFN2O4S2/c1-3-23(4-2)29(26,27)14-9-10-16(20)18(13-14)28(24,25)22-19(11-12-19)15-7-5-6-8-17(15)21/h5-10,13,22H,3-4,11-12H2,1-2H3. The molecule has 0 spiro atoms. The van der Waals surface area contributed by atoms with E-state index in [1.54, 1.807) is 19.9 Å². The van der Waals surface area contributed by atoms with E-state index in [4.69, 9.17) is 11.6 Å². The van der Waals surface area contributed by atoms with Crippen molar-refractivity contribution in [2.75, 3.05) is 13.1 Å². The lowest BCUT2D eigenvalue weighted by atomic mass is 10.1. The van der Waals surface area contributed by atoms with Crippen molar-refractivity contribution >= 4 is 31.6 Å². The van der Waals surface area contributed by atoms with Gasteiger partial charge in [0.1, 0.15) is 10.7 Å². The molecule has 10 heteroatoms. The van der Waals surface area contributed by atoms with Crippen molar-refractivity contribution in [1.82, 2.24) is 9.03 Å². The predicted molar refractivity (Wildman–Crippen MR) is 109 cm³/mol. The Morgan fingerprint density at radius 2 is 1.69 bits per heavy atom. The number of nitrogens with zero attached hydrogens (tertiary/aromatic N) is 1. The molecule has 3 rings (SSSR count). The molecule has 6 nitrogen and oxygen atoms in total. The molecule has 0 amide bonds. The van der Waals surface area contributed by atoms with Gasteiger partial charge in [-0.05, 0) is 37.1 Å². The minimum atomic E-state index is -4.20. The Kier molecular flexibility index (Phi) is 6.08. The van der Waals surface area contributed by atoms with E-state index in [0.29, 0.717) is 12.8 Å². The largest absolute Gasteiger partial charge is 0.243 e. The molecule has 29 heavy (non-hydrogen) atoms. The van der Waals surface area contributed by atoms with Crippen LogP contribution in [0.25, 0.3) is 0 Å². The summed E-state index contributed by atoms with van der Waals surface area (Å²) >= 11 is 6.10. The van der Waals surface area contributed by atoms with Crippen molar-refractivity contribution in [3.05, 3.63) is 58.9 Å². The molecule has 158 valence electrons. The molecule has 0 aromatic heterocycles. The van der Waals surface area contributed by atoms with E-state index in [1.165, 1.54) is 34.6 Å². The van der Waals surface area contributed by atoms with Gasteiger partial charge in [-0.15, -0.1) is 0 Å². The molecule has 0 atom stereocenters. The van der Waals surface area contributed by atoms with Crippen molar-refractivity contribution in [3.63, 3.8) is 0 Å². The smallest absolute Gasteiger partial charge is 0.207 e. The number of benzene rings is 2. The quantitative estimate of drug-likeness (QED) is 0.653. The minimum Gasteiger partial charge on any atom is -0.207 e. The Balaban J connectivity index is 2.01. The first-order valence-corrected chi connectivity index (χ1v) is 12.5. The molecule has 1 N–H and O–H groups in total. The van der Waals surface area contributed by atoms with Crippen LogP contribution in [-0.2, 0) is 25.6 Å². The first-order valence-electron chi connectivity index (χ1n) is 9.16. The third kappa shape index (κ3) is 4.20. The maximum atomic E-state index is 14.2. The Labute approximate surface area is 175 Å². The van der Waals surface area contributed by atoms with Crippen LogP contribution in [0.15, 0.2) is 52.3 Å². The Morgan fingerprint density at radius 1 is 1.07 bits per heavy atom. The average Bonchev–Trinajstić information content (AvgIpc) is 3.42. The van der Waals surface area contributed by atoms with Gasteiger partial charge < -0.3 is 0 Å². The summed E-state index contributed by atoms with van der Waals surface area (Å²) in [6, 6.07) is 9.55. The van der Waals surface area contributed by atoms with Gasteiger partial charge in [0, 0.05) is 18.7 Å². The molecule has 0 unspecified atom stereocenters. The molecule has 1 aliphatic rings. The van der Waals surface area contributed by atoms with Crippen molar-refractivity contribution in [2.24, 2.45) is 0 Å². The highest BCUT2D eigenvalue weighted by atomic mass is 35.5. The van der Waals surface area contributed by atoms with Gasteiger partial charge in [0.15, 0.2) is 0 Å². The van der Waals surface area contributed by atoms with Crippen molar-refractivity contribution in [3.8, 4) is 0 Å². The normalized spacial score (nSPS) is 16.2. The second kappa shape index (κ2) is 7.96. The molecule has 2 aromatic rings. The van der Waals surface area contributed by atoms with E-state index < -0.39 is 31.4 Å². The van der Waals surface area contributed by atoms with Crippen LogP contribution in [0.2, 0.25) is 5.02 Å². The second-order valence-corrected chi connectivity index (χ2v) is 10.8. The molecule has 1 fully saturated rings. The van der Waals surface area contributed by atoms with E-state index in [1.807, 2.05) is 0 Å². The summed E-state index contributed by atoms with van der Waals surface area (Å²) in [5, 5.41) is -0.111. The molecule has 1 saturated carbocycles. The lowest BCUT2D eigenvalue weighted by molar-refractivity contribution is 0.445. The zero-order valence-corrected chi connectivity index (χ0v) is 18.4. The highest BCUT2D eigenvalue weighted by Crippen LogP contribution is 2.47. The van der Waals surface area contributed by atoms with Crippen LogP contribution in [0.5, 0.6) is 0 Å². The van der Waals surface area contributed by atoms with Gasteiger partial charge >= 0.3 is 0 Å². The lowest BCUT2D eigenvalue weighted by Crippen LogP contribution is -2.36. The number of hydrogen-bond acceptors (Lipinski definition) is 4. The number of nitrogens with one attached hydrogen (secondary N) is 1. The fraction of sp³-hybridized carbons (Fsp3) is 0.368. The fourth-order valence-electron chi connectivity index (χ4n) is 3.28. The van der Waals surface area contributed by atoms with Gasteiger partial charge in [-0.3, -0.25) is 0 Å². The van der Waals surface area contributed by atoms with E-state index in [-0.39, 0.29) is 33.5 Å². The van der Waals surface area contributed by atoms with Crippen LogP contribution in [0.3, 0.4) is 0 Å². The number of hydrogen-bond donors (Lipinski definition) is 1. The molecule has 0 heterocycles. The summed E-state index contributed by atoms with van der Waals surface area (Å²) in [4.78, 5) is -0.517. The van der Waals surface area contributed by atoms with E-state index in [0.717, 1.165) is 6.07 Å². The summed E-state index contributed by atoms with van der Waals surface area (Å²) in [5.41, 5.74) is -0.798. The molecule has 0 aliphatic heterocycles. The van der Waals surface area contributed by atoms with Crippen LogP contribution in [0, 0.1) is 5.82 Å². The van der Waals surface area contributed by atoms with Crippen LogP contribution in [0.4, 0.5) is 4.39 Å². The molecule has 1 aliphatic carbocycles. The summed E-state index contributed by atoms with van der Waals surface area (Å²) < 4.78 is 69.6. The summed E-state index contributed by atoms with van der Waals surface area (Å²) in [7, 11) is -8.07. The van der Waals surface area contributed by atoms with Gasteiger partial charge in [0.2, 0.25) is 20.0 Å². The molecular weight excluding hydrogens is 439 g/mol. The monoisotopic (exact) mass is 460 g/mol. The van der Waals surface area contributed by atoms with E-state index in [9.17, 15) is 21.2 Å². The fourth-order valence-corrected chi connectivity index (χ4v) is 6.80. The predicted octanol–water partition coefficient (Wildman–Crippen LogP) is 3.48. The second-order valence-electron chi connectivity index (χ2n) is 6.85. The molecule has 0 radical (unpaired) electrons. The minimum absolute atomic E-state index is 0.111. The van der Waals surface area contributed by atoms with Crippen molar-refractivity contribution < 1.29 is 21.2 Å². The maximum Gasteiger partial charge on any atom is 0.243 e. The van der Waals surface area contributed by atoms with E-state index >= 15 is 0 Å². The number of sulfonamides is 2.